The summed E-state index contributed by atoms with van der Waals surface area (Å²) < 4.78 is 0. The van der Waals surface area contributed by atoms with Gasteiger partial charge in [0, 0.05) is 24.8 Å². The zero-order chi connectivity index (χ0) is 19.1. The molecule has 0 atom stereocenters. The third-order valence-electron chi connectivity index (χ3n) is 3.38. The molecular formula is C22H38N4. The monoisotopic (exact) mass is 358 g/mol. The lowest BCUT2D eigenvalue weighted by Crippen LogP contribution is -2.10. The molecule has 0 bridgehead atoms. The van der Waals surface area contributed by atoms with Crippen LogP contribution < -0.4 is 0 Å². The molecule has 0 aliphatic heterocycles. The highest BCUT2D eigenvalue weighted by atomic mass is 14.8. The van der Waals surface area contributed by atoms with Crippen LogP contribution in [0.3, 0.4) is 0 Å². The van der Waals surface area contributed by atoms with E-state index in [2.05, 4.69) is 68.4 Å². The highest BCUT2D eigenvalue weighted by Crippen LogP contribution is 2.19. The van der Waals surface area contributed by atoms with Gasteiger partial charge in [0.05, 0.1) is 22.8 Å². The number of aryl methyl sites for hydroxylation is 2. The zero-order valence-corrected chi connectivity index (χ0v) is 17.2. The van der Waals surface area contributed by atoms with Crippen LogP contribution in [0.1, 0.15) is 78.7 Å². The molecule has 0 radical (unpaired) electrons. The van der Waals surface area contributed by atoms with E-state index in [0.717, 1.165) is 42.0 Å². The number of hydrogen-bond donors (Lipinski definition) is 0. The van der Waals surface area contributed by atoms with Crippen molar-refractivity contribution in [2.24, 2.45) is 10.8 Å². The summed E-state index contributed by atoms with van der Waals surface area (Å²) in [5.41, 5.74) is 4.80. The standard InChI is InChI=1S/C11H18N2.C10H16N2.CH4/c1-5-9-7-13-10(8-12-9)6-11(2,3)4;1-8-6-12-9(7-11-8)5-10(2,3)4;/h7-8H,5-6H2,1-4H3;6-7H,5H2,1-4H3;1H4. The van der Waals surface area contributed by atoms with Crippen LogP contribution in [0, 0.1) is 17.8 Å². The van der Waals surface area contributed by atoms with Crippen molar-refractivity contribution in [2.45, 2.75) is 82.1 Å². The summed E-state index contributed by atoms with van der Waals surface area (Å²) in [6, 6.07) is 0. The molecule has 0 aliphatic rings. The predicted octanol–water partition coefficient (Wildman–Crippen LogP) is 5.64. The molecule has 0 unspecified atom stereocenters. The van der Waals surface area contributed by atoms with Crippen LogP contribution in [0.25, 0.3) is 0 Å². The SMILES string of the molecule is C.CCc1cnc(CC(C)(C)C)cn1.Cc1cnc(CC(C)(C)C)cn1. The van der Waals surface area contributed by atoms with Crippen LogP contribution in [0.5, 0.6) is 0 Å². The smallest absolute Gasteiger partial charge is 0.0592 e. The van der Waals surface area contributed by atoms with Gasteiger partial charge in [0.25, 0.3) is 0 Å². The van der Waals surface area contributed by atoms with Crippen LogP contribution in [0.4, 0.5) is 0 Å². The molecule has 0 fully saturated rings. The van der Waals surface area contributed by atoms with Crippen molar-refractivity contribution in [3.8, 4) is 0 Å². The van der Waals surface area contributed by atoms with Crippen LogP contribution in [-0.4, -0.2) is 19.9 Å². The summed E-state index contributed by atoms with van der Waals surface area (Å²) >= 11 is 0. The summed E-state index contributed by atoms with van der Waals surface area (Å²) in [5, 5.41) is 0. The van der Waals surface area contributed by atoms with Crippen LogP contribution in [0.2, 0.25) is 0 Å². The maximum absolute atomic E-state index is 4.37. The Morgan fingerprint density at radius 2 is 1.04 bits per heavy atom. The largest absolute Gasteiger partial charge is 0.258 e. The third-order valence-corrected chi connectivity index (χ3v) is 3.38. The van der Waals surface area contributed by atoms with Crippen LogP contribution >= 0.6 is 0 Å². The average molecular weight is 359 g/mol. The van der Waals surface area contributed by atoms with Gasteiger partial charge >= 0.3 is 0 Å². The lowest BCUT2D eigenvalue weighted by atomic mass is 9.91. The van der Waals surface area contributed by atoms with Gasteiger partial charge in [0.1, 0.15) is 0 Å². The summed E-state index contributed by atoms with van der Waals surface area (Å²) in [7, 11) is 0. The van der Waals surface area contributed by atoms with E-state index >= 15 is 0 Å². The van der Waals surface area contributed by atoms with E-state index in [9.17, 15) is 0 Å². The fraction of sp³-hybridized carbons (Fsp3) is 0.636. The van der Waals surface area contributed by atoms with Crippen LogP contribution in [-0.2, 0) is 19.3 Å². The van der Waals surface area contributed by atoms with Gasteiger partial charge in [-0.25, -0.2) is 0 Å². The van der Waals surface area contributed by atoms with E-state index in [-0.39, 0.29) is 7.43 Å². The first-order valence-electron chi connectivity index (χ1n) is 9.06. The van der Waals surface area contributed by atoms with Crippen LogP contribution in [0.15, 0.2) is 24.8 Å². The van der Waals surface area contributed by atoms with Crippen molar-refractivity contribution in [2.75, 3.05) is 0 Å². The second-order valence-corrected chi connectivity index (χ2v) is 8.98. The number of rotatable bonds is 3. The van der Waals surface area contributed by atoms with E-state index in [1.165, 1.54) is 0 Å². The Labute approximate surface area is 160 Å². The van der Waals surface area contributed by atoms with Gasteiger partial charge in [-0.2, -0.15) is 0 Å². The number of nitrogens with zero attached hydrogens (tertiary/aromatic N) is 4. The minimum absolute atomic E-state index is 0. The molecule has 0 saturated carbocycles. The molecule has 4 heteroatoms. The molecule has 0 aliphatic carbocycles. The molecule has 146 valence electrons. The fourth-order valence-electron chi connectivity index (χ4n) is 2.25. The van der Waals surface area contributed by atoms with Gasteiger partial charge in [-0.15, -0.1) is 0 Å². The first-order valence-corrected chi connectivity index (χ1v) is 9.06. The fourth-order valence-corrected chi connectivity index (χ4v) is 2.25. The maximum Gasteiger partial charge on any atom is 0.0592 e. The molecule has 2 aromatic rings. The van der Waals surface area contributed by atoms with Crippen molar-refractivity contribution in [1.29, 1.82) is 0 Å². The van der Waals surface area contributed by atoms with Crippen molar-refractivity contribution in [3.05, 3.63) is 47.6 Å². The highest BCUT2D eigenvalue weighted by Gasteiger charge is 2.12. The third kappa shape index (κ3) is 10.9. The number of aromatic nitrogens is 4. The van der Waals surface area contributed by atoms with Gasteiger partial charge in [0.2, 0.25) is 0 Å². The Balaban J connectivity index is 0.000000464. The van der Waals surface area contributed by atoms with Gasteiger partial charge in [-0.3, -0.25) is 19.9 Å². The summed E-state index contributed by atoms with van der Waals surface area (Å²) in [6.07, 6.45) is 10.4. The molecule has 4 nitrogen and oxygen atoms in total. The highest BCUT2D eigenvalue weighted by molar-refractivity contribution is 5.04. The molecule has 0 amide bonds. The zero-order valence-electron chi connectivity index (χ0n) is 17.2. The Bertz CT molecular complexity index is 617. The minimum Gasteiger partial charge on any atom is -0.258 e. The summed E-state index contributed by atoms with van der Waals surface area (Å²) in [5.74, 6) is 0. The second-order valence-electron chi connectivity index (χ2n) is 8.98. The molecule has 0 N–H and O–H groups in total. The van der Waals surface area contributed by atoms with E-state index in [4.69, 9.17) is 0 Å². The Hall–Kier alpha value is -1.84. The molecule has 26 heavy (non-hydrogen) atoms. The molecule has 0 saturated heterocycles. The first kappa shape index (κ1) is 24.2. The summed E-state index contributed by atoms with van der Waals surface area (Å²) in [4.78, 5) is 17.2. The normalized spacial score (nSPS) is 11.2. The molecule has 0 spiro atoms. The van der Waals surface area contributed by atoms with E-state index in [0.29, 0.717) is 10.8 Å². The molecule has 0 aromatic carbocycles. The van der Waals surface area contributed by atoms with Crippen molar-refractivity contribution < 1.29 is 0 Å². The van der Waals surface area contributed by atoms with Crippen molar-refractivity contribution in [1.82, 2.24) is 19.9 Å². The molecule has 2 heterocycles. The quantitative estimate of drug-likeness (QED) is 0.712. The first-order chi connectivity index (χ1) is 11.5. The number of hydrogen-bond acceptors (Lipinski definition) is 4. The van der Waals surface area contributed by atoms with E-state index in [1.807, 2.05) is 31.7 Å². The predicted molar refractivity (Wildman–Crippen MR) is 111 cm³/mol. The molecular weight excluding hydrogens is 320 g/mol. The van der Waals surface area contributed by atoms with Gasteiger partial charge < -0.3 is 0 Å². The molecule has 2 aromatic heterocycles. The van der Waals surface area contributed by atoms with Gasteiger partial charge in [0.15, 0.2) is 0 Å². The lowest BCUT2D eigenvalue weighted by molar-refractivity contribution is 0.405. The minimum atomic E-state index is 0. The average Bonchev–Trinajstić information content (AvgIpc) is 2.48. The Morgan fingerprint density at radius 3 is 1.35 bits per heavy atom. The van der Waals surface area contributed by atoms with Crippen molar-refractivity contribution >= 4 is 0 Å². The Morgan fingerprint density at radius 1 is 0.654 bits per heavy atom. The molecule has 2 rings (SSSR count). The van der Waals surface area contributed by atoms with Gasteiger partial charge in [-0.1, -0.05) is 55.9 Å². The second kappa shape index (κ2) is 10.3. The van der Waals surface area contributed by atoms with Crippen molar-refractivity contribution in [3.63, 3.8) is 0 Å². The lowest BCUT2D eigenvalue weighted by Gasteiger charge is -2.16. The van der Waals surface area contributed by atoms with E-state index < -0.39 is 0 Å². The maximum atomic E-state index is 4.37. The van der Waals surface area contributed by atoms with E-state index in [1.54, 1.807) is 0 Å². The topological polar surface area (TPSA) is 51.6 Å². The Kier molecular flexibility index (Phi) is 9.61. The van der Waals surface area contributed by atoms with Gasteiger partial charge in [-0.05, 0) is 37.0 Å². The summed E-state index contributed by atoms with van der Waals surface area (Å²) in [6.45, 7) is 17.3.